The number of carbonyl (C=O) groups is 1. The van der Waals surface area contributed by atoms with Gasteiger partial charge in [-0.25, -0.2) is 4.79 Å². The van der Waals surface area contributed by atoms with E-state index in [9.17, 15) is 4.79 Å². The molecule has 1 saturated carbocycles. The third kappa shape index (κ3) is 2.59. The molecule has 0 aromatic rings. The number of hydrogen-bond acceptors (Lipinski definition) is 2. The Kier molecular flexibility index (Phi) is 2.68. The summed E-state index contributed by atoms with van der Waals surface area (Å²) in [7, 11) is 0. The second-order valence-corrected chi connectivity index (χ2v) is 3.87. The van der Waals surface area contributed by atoms with Crippen molar-refractivity contribution in [1.82, 2.24) is 15.5 Å². The lowest BCUT2D eigenvalue weighted by Crippen LogP contribution is -2.50. The van der Waals surface area contributed by atoms with Gasteiger partial charge in [0.25, 0.3) is 0 Å². The maximum absolute atomic E-state index is 11.5. The minimum Gasteiger partial charge on any atom is -0.338 e. The van der Waals surface area contributed by atoms with E-state index < -0.39 is 0 Å². The Bertz CT molecular complexity index is 185. The lowest BCUT2D eigenvalue weighted by atomic mass is 10.4. The van der Waals surface area contributed by atoms with E-state index in [1.54, 1.807) is 0 Å². The summed E-state index contributed by atoms with van der Waals surface area (Å²) in [5, 5.41) is 6.20. The molecule has 74 valence electrons. The van der Waals surface area contributed by atoms with E-state index in [1.807, 2.05) is 4.90 Å². The number of nitrogens with one attached hydrogen (secondary N) is 2. The van der Waals surface area contributed by atoms with Crippen molar-refractivity contribution < 1.29 is 4.79 Å². The van der Waals surface area contributed by atoms with E-state index in [2.05, 4.69) is 10.6 Å². The van der Waals surface area contributed by atoms with Crippen molar-refractivity contribution in [1.29, 1.82) is 0 Å². The molecule has 0 aromatic heterocycles. The Hall–Kier alpha value is -0.770. The number of nitrogens with zero attached hydrogens (tertiary/aromatic N) is 1. The summed E-state index contributed by atoms with van der Waals surface area (Å²) >= 11 is 0. The molecule has 2 aliphatic rings. The SMILES string of the molecule is O=C(NCC1CC1)N1CCNCC1. The molecule has 13 heavy (non-hydrogen) atoms. The van der Waals surface area contributed by atoms with Gasteiger partial charge < -0.3 is 15.5 Å². The number of urea groups is 1. The molecule has 0 unspecified atom stereocenters. The highest BCUT2D eigenvalue weighted by Gasteiger charge is 2.23. The molecule has 2 fully saturated rings. The first kappa shape index (κ1) is 8.81. The molecule has 2 N–H and O–H groups in total. The van der Waals surface area contributed by atoms with Gasteiger partial charge in [-0.15, -0.1) is 0 Å². The Morgan fingerprint density at radius 2 is 2.08 bits per heavy atom. The van der Waals surface area contributed by atoms with Crippen molar-refractivity contribution in [2.45, 2.75) is 12.8 Å². The van der Waals surface area contributed by atoms with Crippen LogP contribution in [0.1, 0.15) is 12.8 Å². The highest BCUT2D eigenvalue weighted by molar-refractivity contribution is 5.74. The van der Waals surface area contributed by atoms with E-state index in [4.69, 9.17) is 0 Å². The van der Waals surface area contributed by atoms with Gasteiger partial charge in [-0.05, 0) is 18.8 Å². The first-order valence-electron chi connectivity index (χ1n) is 5.10. The van der Waals surface area contributed by atoms with Gasteiger partial charge in [-0.1, -0.05) is 0 Å². The first-order chi connectivity index (χ1) is 6.36. The maximum atomic E-state index is 11.5. The fourth-order valence-electron chi connectivity index (χ4n) is 1.53. The van der Waals surface area contributed by atoms with Gasteiger partial charge >= 0.3 is 6.03 Å². The van der Waals surface area contributed by atoms with Gasteiger partial charge in [0.05, 0.1) is 0 Å². The fraction of sp³-hybridized carbons (Fsp3) is 0.889. The summed E-state index contributed by atoms with van der Waals surface area (Å²) < 4.78 is 0. The van der Waals surface area contributed by atoms with E-state index in [-0.39, 0.29) is 6.03 Å². The third-order valence-electron chi connectivity index (χ3n) is 2.64. The van der Waals surface area contributed by atoms with Crippen molar-refractivity contribution in [3.63, 3.8) is 0 Å². The quantitative estimate of drug-likeness (QED) is 0.633. The highest BCUT2D eigenvalue weighted by atomic mass is 16.2. The number of carbonyl (C=O) groups excluding carboxylic acids is 1. The Morgan fingerprint density at radius 1 is 1.38 bits per heavy atom. The van der Waals surface area contributed by atoms with Crippen molar-refractivity contribution >= 4 is 6.03 Å². The molecule has 4 heteroatoms. The van der Waals surface area contributed by atoms with E-state index in [0.29, 0.717) is 0 Å². The van der Waals surface area contributed by atoms with Crippen LogP contribution in [0.2, 0.25) is 0 Å². The topological polar surface area (TPSA) is 44.4 Å². The predicted octanol–water partition coefficient (Wildman–Crippen LogP) is 0.0112. The average molecular weight is 183 g/mol. The van der Waals surface area contributed by atoms with Gasteiger partial charge in [0.1, 0.15) is 0 Å². The summed E-state index contributed by atoms with van der Waals surface area (Å²) in [6, 6.07) is 0.119. The van der Waals surface area contributed by atoms with Gasteiger partial charge in [0, 0.05) is 32.7 Å². The summed E-state index contributed by atoms with van der Waals surface area (Å²) in [4.78, 5) is 13.4. The molecule has 1 aliphatic heterocycles. The molecule has 1 saturated heterocycles. The van der Waals surface area contributed by atoms with Gasteiger partial charge in [-0.3, -0.25) is 0 Å². The third-order valence-corrected chi connectivity index (χ3v) is 2.64. The normalized spacial score (nSPS) is 22.9. The number of amides is 2. The number of piperazine rings is 1. The zero-order valence-electron chi connectivity index (χ0n) is 7.88. The zero-order valence-corrected chi connectivity index (χ0v) is 7.88. The summed E-state index contributed by atoms with van der Waals surface area (Å²) in [6.45, 7) is 4.42. The van der Waals surface area contributed by atoms with Gasteiger partial charge in [-0.2, -0.15) is 0 Å². The van der Waals surface area contributed by atoms with E-state index in [0.717, 1.165) is 38.6 Å². The molecule has 0 spiro atoms. The molecule has 0 aromatic carbocycles. The zero-order chi connectivity index (χ0) is 9.10. The van der Waals surface area contributed by atoms with Crippen molar-refractivity contribution in [2.75, 3.05) is 32.7 Å². The molecular formula is C9H17N3O. The summed E-state index contributed by atoms with van der Waals surface area (Å²) in [5.74, 6) is 0.770. The van der Waals surface area contributed by atoms with Crippen molar-refractivity contribution in [3.05, 3.63) is 0 Å². The number of hydrogen-bond donors (Lipinski definition) is 2. The Labute approximate surface area is 78.7 Å². The Balaban J connectivity index is 1.67. The first-order valence-corrected chi connectivity index (χ1v) is 5.10. The van der Waals surface area contributed by atoms with Crippen LogP contribution in [0.4, 0.5) is 4.79 Å². The van der Waals surface area contributed by atoms with Crippen LogP contribution in [0.25, 0.3) is 0 Å². The monoisotopic (exact) mass is 183 g/mol. The second-order valence-electron chi connectivity index (χ2n) is 3.87. The van der Waals surface area contributed by atoms with Gasteiger partial charge in [0.2, 0.25) is 0 Å². The lowest BCUT2D eigenvalue weighted by molar-refractivity contribution is 0.190. The van der Waals surface area contributed by atoms with E-state index >= 15 is 0 Å². The molecule has 4 nitrogen and oxygen atoms in total. The molecule has 0 atom stereocenters. The Morgan fingerprint density at radius 3 is 2.69 bits per heavy atom. The minimum absolute atomic E-state index is 0.119. The van der Waals surface area contributed by atoms with Crippen molar-refractivity contribution in [3.8, 4) is 0 Å². The number of rotatable bonds is 2. The molecule has 0 radical (unpaired) electrons. The van der Waals surface area contributed by atoms with Crippen LogP contribution in [0.15, 0.2) is 0 Å². The molecule has 2 amide bonds. The van der Waals surface area contributed by atoms with Crippen LogP contribution in [0.3, 0.4) is 0 Å². The summed E-state index contributed by atoms with van der Waals surface area (Å²) in [6.07, 6.45) is 2.59. The second kappa shape index (κ2) is 3.96. The minimum atomic E-state index is 0.119. The average Bonchev–Trinajstić information content (AvgIpc) is 2.99. The molecule has 1 aliphatic carbocycles. The van der Waals surface area contributed by atoms with Crippen LogP contribution in [0.5, 0.6) is 0 Å². The smallest absolute Gasteiger partial charge is 0.317 e. The molecule has 0 bridgehead atoms. The van der Waals surface area contributed by atoms with Crippen LogP contribution < -0.4 is 10.6 Å². The van der Waals surface area contributed by atoms with Crippen LogP contribution in [-0.4, -0.2) is 43.7 Å². The molecule has 2 rings (SSSR count). The van der Waals surface area contributed by atoms with Crippen molar-refractivity contribution in [2.24, 2.45) is 5.92 Å². The molecular weight excluding hydrogens is 166 g/mol. The molecule has 1 heterocycles. The lowest BCUT2D eigenvalue weighted by Gasteiger charge is -2.27. The fourth-order valence-corrected chi connectivity index (χ4v) is 1.53. The van der Waals surface area contributed by atoms with Crippen LogP contribution in [0, 0.1) is 5.92 Å². The summed E-state index contributed by atoms with van der Waals surface area (Å²) in [5.41, 5.74) is 0. The highest BCUT2D eigenvalue weighted by Crippen LogP contribution is 2.27. The predicted molar refractivity (Wildman–Crippen MR) is 50.6 cm³/mol. The van der Waals surface area contributed by atoms with E-state index in [1.165, 1.54) is 12.8 Å². The standard InChI is InChI=1S/C9H17N3O/c13-9(11-7-8-1-2-8)12-5-3-10-4-6-12/h8,10H,1-7H2,(H,11,13). The van der Waals surface area contributed by atoms with Crippen LogP contribution in [-0.2, 0) is 0 Å². The largest absolute Gasteiger partial charge is 0.338 e. The van der Waals surface area contributed by atoms with Gasteiger partial charge in [0.15, 0.2) is 0 Å². The maximum Gasteiger partial charge on any atom is 0.317 e. The van der Waals surface area contributed by atoms with Crippen LogP contribution >= 0.6 is 0 Å².